The second-order valence-corrected chi connectivity index (χ2v) is 5.36. The molecule has 0 aromatic heterocycles. The largest absolute Gasteiger partial charge is 0.329 e. The molecule has 2 unspecified atom stereocenters. The van der Waals surface area contributed by atoms with E-state index in [4.69, 9.17) is 5.73 Å². The van der Waals surface area contributed by atoms with E-state index in [2.05, 4.69) is 6.92 Å². The lowest BCUT2D eigenvalue weighted by Gasteiger charge is -2.13. The van der Waals surface area contributed by atoms with E-state index in [-0.39, 0.29) is 10.6 Å². The summed E-state index contributed by atoms with van der Waals surface area (Å²) in [5.41, 5.74) is 5.71. The molecule has 2 atom stereocenters. The van der Waals surface area contributed by atoms with Gasteiger partial charge in [-0.25, -0.2) is 4.39 Å². The first-order valence-corrected chi connectivity index (χ1v) is 5.63. The maximum atomic E-state index is 13.3. The van der Waals surface area contributed by atoms with Crippen LogP contribution in [0.15, 0.2) is 29.2 Å². The van der Waals surface area contributed by atoms with Crippen molar-refractivity contribution in [2.24, 2.45) is 11.7 Å². The smallest absolute Gasteiger partial charge is 0.136 e. The summed E-state index contributed by atoms with van der Waals surface area (Å²) >= 11 is 1.59. The summed E-state index contributed by atoms with van der Waals surface area (Å²) in [5.74, 6) is 0.474. The van der Waals surface area contributed by atoms with Crippen molar-refractivity contribution in [3.63, 3.8) is 0 Å². The van der Waals surface area contributed by atoms with E-state index >= 15 is 0 Å². The highest BCUT2D eigenvalue weighted by atomic mass is 32.2. The van der Waals surface area contributed by atoms with Crippen LogP contribution in [0.2, 0.25) is 0 Å². The molecule has 0 spiro atoms. The van der Waals surface area contributed by atoms with E-state index in [0.717, 1.165) is 11.3 Å². The van der Waals surface area contributed by atoms with Crippen molar-refractivity contribution in [3.05, 3.63) is 30.1 Å². The normalized spacial score (nSPS) is 30.4. The summed E-state index contributed by atoms with van der Waals surface area (Å²) in [6, 6.07) is 6.90. The summed E-state index contributed by atoms with van der Waals surface area (Å²) in [4.78, 5) is 0.724. The third-order valence-corrected chi connectivity index (χ3v) is 4.58. The molecule has 1 nitrogen and oxygen atoms in total. The summed E-state index contributed by atoms with van der Waals surface area (Å²) in [6.45, 7) is 2.80. The lowest BCUT2D eigenvalue weighted by Crippen LogP contribution is -2.20. The Morgan fingerprint density at radius 3 is 2.71 bits per heavy atom. The molecule has 14 heavy (non-hydrogen) atoms. The number of benzene rings is 1. The van der Waals surface area contributed by atoms with Crippen molar-refractivity contribution < 1.29 is 4.39 Å². The van der Waals surface area contributed by atoms with E-state index in [9.17, 15) is 4.39 Å². The van der Waals surface area contributed by atoms with Gasteiger partial charge in [0.2, 0.25) is 0 Å². The lowest BCUT2D eigenvalue weighted by molar-refractivity contribution is 0.601. The molecular weight excluding hydrogens is 197 g/mol. The minimum Gasteiger partial charge on any atom is -0.329 e. The Bertz CT molecular complexity index is 338. The molecule has 0 radical (unpaired) electrons. The van der Waals surface area contributed by atoms with Crippen molar-refractivity contribution in [2.75, 3.05) is 6.54 Å². The van der Waals surface area contributed by atoms with E-state index in [1.54, 1.807) is 17.8 Å². The minimum absolute atomic E-state index is 0.0994. The average molecular weight is 211 g/mol. The summed E-state index contributed by atoms with van der Waals surface area (Å²) < 4.78 is 13.4. The van der Waals surface area contributed by atoms with Crippen LogP contribution in [0.1, 0.15) is 13.3 Å². The predicted octanol–water partition coefficient (Wildman–Crippen LogP) is 2.66. The summed E-state index contributed by atoms with van der Waals surface area (Å²) in [5, 5.41) is 0. The Balaban J connectivity index is 2.15. The van der Waals surface area contributed by atoms with Crippen LogP contribution in [0.3, 0.4) is 0 Å². The van der Waals surface area contributed by atoms with Gasteiger partial charge in [0.05, 0.1) is 0 Å². The second-order valence-electron chi connectivity index (χ2n) is 3.91. The molecule has 0 heterocycles. The predicted molar refractivity (Wildman–Crippen MR) is 57.8 cm³/mol. The zero-order chi connectivity index (χ0) is 10.2. The lowest BCUT2D eigenvalue weighted by atomic mass is 10.3. The highest BCUT2D eigenvalue weighted by molar-refractivity contribution is 8.01. The van der Waals surface area contributed by atoms with E-state index in [1.807, 2.05) is 12.1 Å². The monoisotopic (exact) mass is 211 g/mol. The fourth-order valence-corrected chi connectivity index (χ4v) is 3.04. The summed E-state index contributed by atoms with van der Waals surface area (Å²) in [6.07, 6.45) is 1.10. The molecule has 0 aliphatic heterocycles. The van der Waals surface area contributed by atoms with Crippen LogP contribution in [0, 0.1) is 11.7 Å². The first kappa shape index (κ1) is 9.99. The molecule has 1 saturated carbocycles. The summed E-state index contributed by atoms with van der Waals surface area (Å²) in [7, 11) is 0. The Morgan fingerprint density at radius 2 is 2.21 bits per heavy atom. The van der Waals surface area contributed by atoms with Gasteiger partial charge >= 0.3 is 0 Å². The van der Waals surface area contributed by atoms with Crippen molar-refractivity contribution in [2.45, 2.75) is 23.0 Å². The molecule has 0 saturated heterocycles. The Kier molecular flexibility index (Phi) is 2.54. The van der Waals surface area contributed by atoms with E-state index in [0.29, 0.717) is 12.5 Å². The number of nitrogens with two attached hydrogens (primary N) is 1. The van der Waals surface area contributed by atoms with Gasteiger partial charge in [0.1, 0.15) is 5.82 Å². The Labute approximate surface area is 87.9 Å². The molecule has 3 heteroatoms. The maximum absolute atomic E-state index is 13.3. The molecule has 76 valence electrons. The first-order chi connectivity index (χ1) is 6.68. The number of hydrogen-bond acceptors (Lipinski definition) is 2. The van der Waals surface area contributed by atoms with Gasteiger partial charge in [0.15, 0.2) is 0 Å². The van der Waals surface area contributed by atoms with E-state index < -0.39 is 0 Å². The number of rotatable bonds is 3. The fourth-order valence-electron chi connectivity index (χ4n) is 1.67. The second kappa shape index (κ2) is 3.55. The van der Waals surface area contributed by atoms with Crippen LogP contribution in [-0.4, -0.2) is 11.3 Å². The van der Waals surface area contributed by atoms with Gasteiger partial charge in [-0.1, -0.05) is 19.1 Å². The van der Waals surface area contributed by atoms with Crippen LogP contribution < -0.4 is 5.73 Å². The molecule has 1 aromatic carbocycles. The number of hydrogen-bond donors (Lipinski definition) is 1. The average Bonchev–Trinajstić information content (AvgIpc) is 2.82. The van der Waals surface area contributed by atoms with Crippen LogP contribution >= 0.6 is 11.8 Å². The molecule has 1 aliphatic rings. The van der Waals surface area contributed by atoms with Crippen LogP contribution in [0.4, 0.5) is 4.39 Å². The highest BCUT2D eigenvalue weighted by Crippen LogP contribution is 2.56. The van der Waals surface area contributed by atoms with Crippen molar-refractivity contribution in [1.82, 2.24) is 0 Å². The number of thioether (sulfide) groups is 1. The van der Waals surface area contributed by atoms with Gasteiger partial charge in [-0.05, 0) is 24.5 Å². The quantitative estimate of drug-likeness (QED) is 0.831. The van der Waals surface area contributed by atoms with Crippen LogP contribution in [0.25, 0.3) is 0 Å². The molecule has 1 aromatic rings. The standard InChI is InChI=1S/C11H14FNS/c1-8-6-11(8,7-13)14-10-5-3-2-4-9(10)12/h2-5,8H,6-7,13H2,1H3. The van der Waals surface area contributed by atoms with Crippen molar-refractivity contribution in [3.8, 4) is 0 Å². The number of halogens is 1. The molecule has 0 bridgehead atoms. The van der Waals surface area contributed by atoms with Crippen LogP contribution in [-0.2, 0) is 0 Å². The molecule has 2 N–H and O–H groups in total. The molecule has 1 aliphatic carbocycles. The SMILES string of the molecule is CC1CC1(CN)Sc1ccccc1F. The van der Waals surface area contributed by atoms with Crippen LogP contribution in [0.5, 0.6) is 0 Å². The van der Waals surface area contributed by atoms with Gasteiger partial charge in [-0.2, -0.15) is 0 Å². The molecule has 0 amide bonds. The van der Waals surface area contributed by atoms with Gasteiger partial charge in [0.25, 0.3) is 0 Å². The molecular formula is C11H14FNS. The third kappa shape index (κ3) is 1.66. The molecule has 2 rings (SSSR count). The van der Waals surface area contributed by atoms with Gasteiger partial charge in [-0.3, -0.25) is 0 Å². The molecule has 1 fully saturated rings. The Morgan fingerprint density at radius 1 is 1.57 bits per heavy atom. The topological polar surface area (TPSA) is 26.0 Å². The van der Waals surface area contributed by atoms with Gasteiger partial charge in [0, 0.05) is 16.2 Å². The van der Waals surface area contributed by atoms with Gasteiger partial charge in [-0.15, -0.1) is 11.8 Å². The highest BCUT2D eigenvalue weighted by Gasteiger charge is 2.51. The third-order valence-electron chi connectivity index (χ3n) is 2.89. The van der Waals surface area contributed by atoms with Crippen molar-refractivity contribution in [1.29, 1.82) is 0 Å². The maximum Gasteiger partial charge on any atom is 0.136 e. The first-order valence-electron chi connectivity index (χ1n) is 4.81. The van der Waals surface area contributed by atoms with Crippen molar-refractivity contribution >= 4 is 11.8 Å². The minimum atomic E-state index is -0.135. The fraction of sp³-hybridized carbons (Fsp3) is 0.455. The van der Waals surface area contributed by atoms with E-state index in [1.165, 1.54) is 6.07 Å². The van der Waals surface area contributed by atoms with Gasteiger partial charge < -0.3 is 5.73 Å². The zero-order valence-corrected chi connectivity index (χ0v) is 8.98. The Hall–Kier alpha value is -0.540. The zero-order valence-electron chi connectivity index (χ0n) is 8.16.